The number of hydrogen-bond acceptors (Lipinski definition) is 4. The van der Waals surface area contributed by atoms with Crippen molar-refractivity contribution < 1.29 is 14.8 Å². The maximum absolute atomic E-state index is 11.1. The Morgan fingerprint density at radius 3 is 2.95 bits per heavy atom. The molecule has 6 nitrogen and oxygen atoms in total. The molecule has 1 fully saturated rings. The highest BCUT2D eigenvalue weighted by Crippen LogP contribution is 2.36. The molecule has 0 aromatic heterocycles. The van der Waals surface area contributed by atoms with E-state index < -0.39 is 10.9 Å². The van der Waals surface area contributed by atoms with E-state index in [2.05, 4.69) is 15.9 Å². The van der Waals surface area contributed by atoms with E-state index in [1.165, 1.54) is 6.07 Å². The molecular formula is C12H13BrN2O4. The van der Waals surface area contributed by atoms with Crippen LogP contribution in [0.25, 0.3) is 0 Å². The van der Waals surface area contributed by atoms with E-state index in [-0.39, 0.29) is 18.2 Å². The molecule has 0 radical (unpaired) electrons. The Morgan fingerprint density at radius 2 is 2.32 bits per heavy atom. The number of nitrogens with zero attached hydrogens (tertiary/aromatic N) is 2. The van der Waals surface area contributed by atoms with Crippen molar-refractivity contribution in [1.29, 1.82) is 0 Å². The molecule has 1 saturated heterocycles. The fraction of sp³-hybridized carbons (Fsp3) is 0.417. The lowest BCUT2D eigenvalue weighted by atomic mass is 10.1. The lowest BCUT2D eigenvalue weighted by Gasteiger charge is -2.25. The van der Waals surface area contributed by atoms with E-state index in [1.807, 2.05) is 4.90 Å². The Kier molecular flexibility index (Phi) is 4.04. The van der Waals surface area contributed by atoms with Gasteiger partial charge in [-0.15, -0.1) is 0 Å². The summed E-state index contributed by atoms with van der Waals surface area (Å²) in [7, 11) is 0. The molecule has 2 rings (SSSR count). The molecule has 0 bridgehead atoms. The van der Waals surface area contributed by atoms with E-state index in [4.69, 9.17) is 5.11 Å². The van der Waals surface area contributed by atoms with Gasteiger partial charge in [-0.1, -0.05) is 15.9 Å². The average Bonchev–Trinajstić information content (AvgIpc) is 2.76. The number of nitro groups is 1. The third-order valence-electron chi connectivity index (χ3n) is 3.23. The molecule has 1 unspecified atom stereocenters. The summed E-state index contributed by atoms with van der Waals surface area (Å²) in [6.07, 6.45) is 1.61. The lowest BCUT2D eigenvalue weighted by molar-refractivity contribution is -0.384. The van der Waals surface area contributed by atoms with Crippen molar-refractivity contribution in [3.05, 3.63) is 32.8 Å². The molecular weight excluding hydrogens is 316 g/mol. The van der Waals surface area contributed by atoms with Crippen LogP contribution in [0.4, 0.5) is 11.4 Å². The van der Waals surface area contributed by atoms with Crippen molar-refractivity contribution in [3.8, 4) is 0 Å². The molecule has 1 atom stereocenters. The normalized spacial score (nSPS) is 18.6. The summed E-state index contributed by atoms with van der Waals surface area (Å²) in [5.74, 6) is -0.878. The minimum absolute atomic E-state index is 0.00617. The summed E-state index contributed by atoms with van der Waals surface area (Å²) in [6, 6.07) is 4.68. The second-order valence-electron chi connectivity index (χ2n) is 4.48. The number of carbonyl (C=O) groups is 1. The van der Waals surface area contributed by atoms with Crippen molar-refractivity contribution in [1.82, 2.24) is 0 Å². The number of rotatable bonds is 4. The van der Waals surface area contributed by atoms with E-state index in [1.54, 1.807) is 12.1 Å². The number of hydrogen-bond donors (Lipinski definition) is 1. The summed E-state index contributed by atoms with van der Waals surface area (Å²) >= 11 is 3.21. The topological polar surface area (TPSA) is 83.7 Å². The SMILES string of the molecule is O=C(O)CC1CCCN1c1ccc(Br)cc1[N+](=O)[O-]. The van der Waals surface area contributed by atoms with Gasteiger partial charge in [0.25, 0.3) is 5.69 Å². The molecule has 1 aromatic carbocycles. The molecule has 1 aliphatic rings. The van der Waals surface area contributed by atoms with Crippen LogP contribution in [-0.4, -0.2) is 28.6 Å². The van der Waals surface area contributed by atoms with Crippen molar-refractivity contribution in [3.63, 3.8) is 0 Å². The van der Waals surface area contributed by atoms with Crippen molar-refractivity contribution in [2.24, 2.45) is 0 Å². The van der Waals surface area contributed by atoms with Gasteiger partial charge in [-0.2, -0.15) is 0 Å². The minimum Gasteiger partial charge on any atom is -0.481 e. The third-order valence-corrected chi connectivity index (χ3v) is 3.72. The Labute approximate surface area is 118 Å². The molecule has 102 valence electrons. The molecule has 19 heavy (non-hydrogen) atoms. The van der Waals surface area contributed by atoms with Gasteiger partial charge in [-0.3, -0.25) is 14.9 Å². The summed E-state index contributed by atoms with van der Waals surface area (Å²) in [6.45, 7) is 0.653. The maximum atomic E-state index is 11.1. The van der Waals surface area contributed by atoms with Crippen LogP contribution in [0.1, 0.15) is 19.3 Å². The molecule has 0 saturated carbocycles. The van der Waals surface area contributed by atoms with E-state index in [0.29, 0.717) is 16.7 Å². The Bertz CT molecular complexity index is 520. The summed E-state index contributed by atoms with van der Waals surface area (Å²) in [5.41, 5.74) is 0.503. The predicted octanol–water partition coefficient (Wildman–Crippen LogP) is 2.80. The number of benzene rings is 1. The first-order valence-corrected chi connectivity index (χ1v) is 6.70. The van der Waals surface area contributed by atoms with Gasteiger partial charge in [0, 0.05) is 23.1 Å². The summed E-state index contributed by atoms with van der Waals surface area (Å²) in [5, 5.41) is 20.0. The zero-order valence-corrected chi connectivity index (χ0v) is 11.7. The van der Waals surface area contributed by atoms with Gasteiger partial charge >= 0.3 is 5.97 Å². The zero-order valence-electron chi connectivity index (χ0n) is 10.1. The van der Waals surface area contributed by atoms with E-state index in [9.17, 15) is 14.9 Å². The first-order chi connectivity index (χ1) is 8.99. The lowest BCUT2D eigenvalue weighted by Crippen LogP contribution is -2.31. The molecule has 1 N–H and O–H groups in total. The highest BCUT2D eigenvalue weighted by Gasteiger charge is 2.31. The standard InChI is InChI=1S/C12H13BrN2O4/c13-8-3-4-10(11(6-8)15(18)19)14-5-1-2-9(14)7-12(16)17/h3-4,6,9H,1-2,5,7H2,(H,16,17). The highest BCUT2D eigenvalue weighted by molar-refractivity contribution is 9.10. The number of anilines is 1. The largest absolute Gasteiger partial charge is 0.481 e. The van der Waals surface area contributed by atoms with Crippen LogP contribution in [-0.2, 0) is 4.79 Å². The molecule has 1 aliphatic heterocycles. The molecule has 0 amide bonds. The number of aliphatic carboxylic acids is 1. The molecule has 0 spiro atoms. The van der Waals surface area contributed by atoms with E-state index in [0.717, 1.165) is 12.8 Å². The Hall–Kier alpha value is -1.63. The third kappa shape index (κ3) is 3.04. The monoisotopic (exact) mass is 328 g/mol. The van der Waals surface area contributed by atoms with Crippen LogP contribution in [0, 0.1) is 10.1 Å². The Morgan fingerprint density at radius 1 is 1.58 bits per heavy atom. The van der Waals surface area contributed by atoms with Crippen LogP contribution < -0.4 is 4.90 Å². The fourth-order valence-electron chi connectivity index (χ4n) is 2.45. The number of nitro benzene ring substituents is 1. The van der Waals surface area contributed by atoms with Crippen molar-refractivity contribution >= 4 is 33.3 Å². The predicted molar refractivity (Wildman–Crippen MR) is 73.4 cm³/mol. The molecule has 0 aliphatic carbocycles. The molecule has 1 aromatic rings. The minimum atomic E-state index is -0.878. The van der Waals surface area contributed by atoms with E-state index >= 15 is 0 Å². The first-order valence-electron chi connectivity index (χ1n) is 5.91. The van der Waals surface area contributed by atoms with Crippen LogP contribution >= 0.6 is 15.9 Å². The number of carboxylic acid groups (broad SMARTS) is 1. The average molecular weight is 329 g/mol. The van der Waals surface area contributed by atoms with Gasteiger partial charge in [0.1, 0.15) is 5.69 Å². The quantitative estimate of drug-likeness (QED) is 0.678. The van der Waals surface area contributed by atoms with Gasteiger partial charge in [0.15, 0.2) is 0 Å². The van der Waals surface area contributed by atoms with Gasteiger partial charge in [-0.25, -0.2) is 0 Å². The van der Waals surface area contributed by atoms with Crippen molar-refractivity contribution in [2.45, 2.75) is 25.3 Å². The van der Waals surface area contributed by atoms with Gasteiger partial charge in [0.05, 0.1) is 11.3 Å². The van der Waals surface area contributed by atoms with Gasteiger partial charge in [-0.05, 0) is 25.0 Å². The number of carboxylic acids is 1. The summed E-state index contributed by atoms with van der Waals surface area (Å²) < 4.78 is 0.636. The van der Waals surface area contributed by atoms with Crippen LogP contribution in [0.5, 0.6) is 0 Å². The highest BCUT2D eigenvalue weighted by atomic mass is 79.9. The second-order valence-corrected chi connectivity index (χ2v) is 5.39. The Balaban J connectivity index is 2.35. The molecule has 1 heterocycles. The van der Waals surface area contributed by atoms with Gasteiger partial charge < -0.3 is 10.0 Å². The fourth-order valence-corrected chi connectivity index (χ4v) is 2.80. The van der Waals surface area contributed by atoms with Crippen LogP contribution in [0.2, 0.25) is 0 Å². The maximum Gasteiger partial charge on any atom is 0.305 e. The smallest absolute Gasteiger partial charge is 0.305 e. The van der Waals surface area contributed by atoms with Crippen LogP contribution in [0.15, 0.2) is 22.7 Å². The van der Waals surface area contributed by atoms with Crippen LogP contribution in [0.3, 0.4) is 0 Å². The second kappa shape index (κ2) is 5.56. The molecule has 7 heteroatoms. The van der Waals surface area contributed by atoms with Gasteiger partial charge in [0.2, 0.25) is 0 Å². The summed E-state index contributed by atoms with van der Waals surface area (Å²) in [4.78, 5) is 23.3. The first kappa shape index (κ1) is 13.8. The zero-order chi connectivity index (χ0) is 14.0. The number of halogens is 1. The van der Waals surface area contributed by atoms with Crippen molar-refractivity contribution in [2.75, 3.05) is 11.4 Å².